The van der Waals surface area contributed by atoms with Gasteiger partial charge in [0, 0.05) is 12.5 Å². The van der Waals surface area contributed by atoms with E-state index in [4.69, 9.17) is 5.11 Å². The summed E-state index contributed by atoms with van der Waals surface area (Å²) in [4.78, 5) is 11.1. The quantitative estimate of drug-likeness (QED) is 0.821. The van der Waals surface area contributed by atoms with Crippen LogP contribution < -0.4 is 0 Å². The Hall–Kier alpha value is -1.39. The molecule has 1 unspecified atom stereocenters. The summed E-state index contributed by atoms with van der Waals surface area (Å²) in [6, 6.07) is 0. The SMILES string of the molecule is O=C(O)C1CCCn2c(C3CCC3)nnc21. The van der Waals surface area contributed by atoms with E-state index in [1.807, 2.05) is 4.57 Å². The molecule has 0 bridgehead atoms. The zero-order valence-electron chi connectivity index (χ0n) is 9.09. The first-order valence-electron chi connectivity index (χ1n) is 5.93. The van der Waals surface area contributed by atoms with Crippen molar-refractivity contribution in [3.8, 4) is 0 Å². The van der Waals surface area contributed by atoms with E-state index in [-0.39, 0.29) is 0 Å². The van der Waals surface area contributed by atoms with Gasteiger partial charge in [-0.05, 0) is 25.7 Å². The average Bonchev–Trinajstić information content (AvgIpc) is 2.59. The van der Waals surface area contributed by atoms with E-state index >= 15 is 0 Å². The van der Waals surface area contributed by atoms with Crippen LogP contribution in [-0.4, -0.2) is 25.8 Å². The standard InChI is InChI=1S/C11H15N3O2/c15-11(16)8-5-2-6-14-9(7-3-1-4-7)12-13-10(8)14/h7-8H,1-6H2,(H,15,16). The van der Waals surface area contributed by atoms with Crippen molar-refractivity contribution in [1.82, 2.24) is 14.8 Å². The molecule has 2 aliphatic rings. The lowest BCUT2D eigenvalue weighted by molar-refractivity contribution is -0.139. The van der Waals surface area contributed by atoms with Crippen molar-refractivity contribution in [3.05, 3.63) is 11.6 Å². The Bertz CT molecular complexity index is 423. The highest BCUT2D eigenvalue weighted by Crippen LogP contribution is 2.37. The van der Waals surface area contributed by atoms with Gasteiger partial charge in [-0.3, -0.25) is 4.79 Å². The first-order valence-corrected chi connectivity index (χ1v) is 5.93. The summed E-state index contributed by atoms with van der Waals surface area (Å²) in [5.74, 6) is 0.991. The first kappa shape index (κ1) is 9.81. The van der Waals surface area contributed by atoms with Crippen molar-refractivity contribution in [2.75, 3.05) is 0 Å². The van der Waals surface area contributed by atoms with Crippen molar-refractivity contribution in [1.29, 1.82) is 0 Å². The van der Waals surface area contributed by atoms with Crippen LogP contribution >= 0.6 is 0 Å². The molecule has 0 saturated heterocycles. The van der Waals surface area contributed by atoms with E-state index < -0.39 is 11.9 Å². The Labute approximate surface area is 93.5 Å². The Morgan fingerprint density at radius 2 is 1.94 bits per heavy atom. The fraction of sp³-hybridized carbons (Fsp3) is 0.727. The molecule has 0 radical (unpaired) electrons. The van der Waals surface area contributed by atoms with Crippen LogP contribution in [0, 0.1) is 0 Å². The van der Waals surface area contributed by atoms with Crippen LogP contribution in [0.4, 0.5) is 0 Å². The predicted molar refractivity (Wildman–Crippen MR) is 56.2 cm³/mol. The lowest BCUT2D eigenvalue weighted by Gasteiger charge is -2.27. The molecule has 0 aromatic carbocycles. The molecular formula is C11H15N3O2. The van der Waals surface area contributed by atoms with Gasteiger partial charge in [0.2, 0.25) is 0 Å². The monoisotopic (exact) mass is 221 g/mol. The van der Waals surface area contributed by atoms with Gasteiger partial charge in [-0.1, -0.05) is 6.42 Å². The first-order chi connectivity index (χ1) is 7.77. The third kappa shape index (κ3) is 1.34. The molecule has 86 valence electrons. The summed E-state index contributed by atoms with van der Waals surface area (Å²) in [6.45, 7) is 0.887. The number of nitrogens with zero attached hydrogens (tertiary/aromatic N) is 3. The molecule has 1 fully saturated rings. The van der Waals surface area contributed by atoms with Crippen molar-refractivity contribution in [2.24, 2.45) is 0 Å². The lowest BCUT2D eigenvalue weighted by Crippen LogP contribution is -2.25. The number of rotatable bonds is 2. The number of hydrogen-bond acceptors (Lipinski definition) is 3. The van der Waals surface area contributed by atoms with E-state index in [0.29, 0.717) is 18.2 Å². The molecule has 1 saturated carbocycles. The van der Waals surface area contributed by atoms with Gasteiger partial charge in [-0.25, -0.2) is 0 Å². The second-order valence-electron chi connectivity index (χ2n) is 4.73. The van der Waals surface area contributed by atoms with Gasteiger partial charge >= 0.3 is 5.97 Å². The number of carbonyl (C=O) groups is 1. The number of aromatic nitrogens is 3. The molecule has 1 atom stereocenters. The Morgan fingerprint density at radius 1 is 1.19 bits per heavy atom. The van der Waals surface area contributed by atoms with E-state index in [0.717, 1.165) is 18.8 Å². The fourth-order valence-corrected chi connectivity index (χ4v) is 2.60. The van der Waals surface area contributed by atoms with E-state index in [9.17, 15) is 4.79 Å². The van der Waals surface area contributed by atoms with Crippen LogP contribution in [0.25, 0.3) is 0 Å². The van der Waals surface area contributed by atoms with Gasteiger partial charge in [0.25, 0.3) is 0 Å². The Morgan fingerprint density at radius 3 is 2.56 bits per heavy atom. The van der Waals surface area contributed by atoms with Gasteiger partial charge in [0.1, 0.15) is 17.6 Å². The molecule has 5 nitrogen and oxygen atoms in total. The number of aliphatic carboxylic acids is 1. The number of carboxylic acid groups (broad SMARTS) is 1. The van der Waals surface area contributed by atoms with Gasteiger partial charge in [-0.15, -0.1) is 10.2 Å². The number of hydrogen-bond donors (Lipinski definition) is 1. The molecule has 0 amide bonds. The second kappa shape index (κ2) is 3.57. The summed E-state index contributed by atoms with van der Waals surface area (Å²) in [6.07, 6.45) is 5.22. The third-order valence-corrected chi connectivity index (χ3v) is 3.76. The van der Waals surface area contributed by atoms with E-state index in [1.54, 1.807) is 0 Å². The molecule has 2 heterocycles. The highest BCUT2D eigenvalue weighted by molar-refractivity contribution is 5.75. The summed E-state index contributed by atoms with van der Waals surface area (Å²) >= 11 is 0. The number of fused-ring (bicyclic) bond motifs is 1. The maximum Gasteiger partial charge on any atom is 0.314 e. The largest absolute Gasteiger partial charge is 0.481 e. The van der Waals surface area contributed by atoms with Crippen LogP contribution in [-0.2, 0) is 11.3 Å². The topological polar surface area (TPSA) is 68.0 Å². The summed E-state index contributed by atoms with van der Waals surface area (Å²) < 4.78 is 2.05. The normalized spacial score (nSPS) is 24.9. The molecule has 1 aromatic rings. The van der Waals surface area contributed by atoms with Crippen molar-refractivity contribution < 1.29 is 9.90 Å². The van der Waals surface area contributed by atoms with E-state index in [2.05, 4.69) is 10.2 Å². The minimum Gasteiger partial charge on any atom is -0.481 e. The predicted octanol–water partition coefficient (Wildman–Crippen LogP) is 1.51. The minimum absolute atomic E-state index is 0.449. The number of carboxylic acids is 1. The molecule has 0 spiro atoms. The molecule has 5 heteroatoms. The zero-order valence-corrected chi connectivity index (χ0v) is 9.09. The van der Waals surface area contributed by atoms with E-state index in [1.165, 1.54) is 19.3 Å². The average molecular weight is 221 g/mol. The Balaban J connectivity index is 1.97. The van der Waals surface area contributed by atoms with Gasteiger partial charge < -0.3 is 9.67 Å². The van der Waals surface area contributed by atoms with Crippen LogP contribution in [0.3, 0.4) is 0 Å². The molecular weight excluding hydrogens is 206 g/mol. The molecule has 1 aliphatic carbocycles. The van der Waals surface area contributed by atoms with Gasteiger partial charge in [0.15, 0.2) is 0 Å². The molecule has 1 aromatic heterocycles. The highest BCUT2D eigenvalue weighted by Gasteiger charge is 2.33. The lowest BCUT2D eigenvalue weighted by atomic mass is 9.84. The fourth-order valence-electron chi connectivity index (χ4n) is 2.60. The maximum atomic E-state index is 11.1. The van der Waals surface area contributed by atoms with Crippen LogP contribution in [0.15, 0.2) is 0 Å². The molecule has 16 heavy (non-hydrogen) atoms. The zero-order chi connectivity index (χ0) is 11.1. The van der Waals surface area contributed by atoms with Gasteiger partial charge in [0.05, 0.1) is 0 Å². The Kier molecular flexibility index (Phi) is 2.19. The summed E-state index contributed by atoms with van der Waals surface area (Å²) in [5.41, 5.74) is 0. The van der Waals surface area contributed by atoms with Crippen molar-refractivity contribution in [2.45, 2.75) is 50.5 Å². The second-order valence-corrected chi connectivity index (χ2v) is 4.73. The van der Waals surface area contributed by atoms with Gasteiger partial charge in [-0.2, -0.15) is 0 Å². The third-order valence-electron chi connectivity index (χ3n) is 3.76. The summed E-state index contributed by atoms with van der Waals surface area (Å²) in [5, 5.41) is 17.4. The van der Waals surface area contributed by atoms with Crippen LogP contribution in [0.1, 0.15) is 55.6 Å². The highest BCUT2D eigenvalue weighted by atomic mass is 16.4. The smallest absolute Gasteiger partial charge is 0.314 e. The summed E-state index contributed by atoms with van der Waals surface area (Å²) in [7, 11) is 0. The minimum atomic E-state index is -0.770. The van der Waals surface area contributed by atoms with Crippen LogP contribution in [0.2, 0.25) is 0 Å². The van der Waals surface area contributed by atoms with Crippen LogP contribution in [0.5, 0.6) is 0 Å². The molecule has 3 rings (SSSR count). The molecule has 1 aliphatic heterocycles. The van der Waals surface area contributed by atoms with Crippen molar-refractivity contribution in [3.63, 3.8) is 0 Å². The van der Waals surface area contributed by atoms with Crippen molar-refractivity contribution >= 4 is 5.97 Å². The molecule has 1 N–H and O–H groups in total. The maximum absolute atomic E-state index is 11.1.